The highest BCUT2D eigenvalue weighted by Gasteiger charge is 2.52. The third kappa shape index (κ3) is 4.88. The normalized spacial score (nSPS) is 27.0. The van der Waals surface area contributed by atoms with E-state index in [-0.39, 0.29) is 72.0 Å². The molecule has 4 saturated heterocycles. The number of rotatable bonds is 5. The van der Waals surface area contributed by atoms with Gasteiger partial charge < -0.3 is 15.2 Å². The zero-order valence-corrected chi connectivity index (χ0v) is 27.1. The second-order valence-electron chi connectivity index (χ2n) is 13.2. The number of nitrogens with one attached hydrogen (secondary N) is 2. The molecule has 8 rings (SSSR count). The Hall–Kier alpha value is -3.50. The van der Waals surface area contributed by atoms with Crippen LogP contribution >= 0.6 is 11.6 Å². The highest BCUT2D eigenvalue weighted by atomic mass is 35.5. The minimum absolute atomic E-state index is 0.0299. The van der Waals surface area contributed by atoms with Gasteiger partial charge in [0.05, 0.1) is 27.1 Å². The fraction of sp³-hybridized carbons (Fsp3) is 0.438. The van der Waals surface area contributed by atoms with E-state index in [1.165, 1.54) is 12.1 Å². The molecule has 0 amide bonds. The summed E-state index contributed by atoms with van der Waals surface area (Å²) in [5.74, 6) is -3.84. The van der Waals surface area contributed by atoms with Crippen LogP contribution in [0.3, 0.4) is 0 Å². The summed E-state index contributed by atoms with van der Waals surface area (Å²) < 4.78 is 99.3. The first kappa shape index (κ1) is 31.7. The molecule has 4 aromatic rings. The van der Waals surface area contributed by atoms with Gasteiger partial charge in [0.15, 0.2) is 11.6 Å². The summed E-state index contributed by atoms with van der Waals surface area (Å²) in [6, 6.07) is 5.30. The number of halogens is 5. The van der Waals surface area contributed by atoms with Gasteiger partial charge >= 0.3 is 16.2 Å². The molecule has 10 nitrogen and oxygen atoms in total. The van der Waals surface area contributed by atoms with Crippen molar-refractivity contribution in [3.63, 3.8) is 0 Å². The molecule has 4 aliphatic rings. The van der Waals surface area contributed by atoms with E-state index in [9.17, 15) is 22.3 Å². The summed E-state index contributed by atoms with van der Waals surface area (Å²) in [4.78, 5) is 10.8. The second-order valence-corrected chi connectivity index (χ2v) is 15.2. The number of benzene rings is 3. The first-order valence-corrected chi connectivity index (χ1v) is 17.6. The standard InChI is InChI=1S/C32H31ClF4N6O4S/c33-26-22(35)4-3-17-9-19(44)10-20(24(17)26)25-23(36)11-21-28(27(25)37)40-30(47-16-31-6-2-8-42(31)13-18(34)12-31)41-29(21)43-32(5-1-7-38-14-32)15-39-48(43,45)46/h3-4,9-11,18,38-39,44H,1-2,5-8,12-16H2/t18-,31+,32?/m1/s1. The van der Waals surface area contributed by atoms with E-state index in [4.69, 9.17) is 16.3 Å². The summed E-state index contributed by atoms with van der Waals surface area (Å²) >= 11 is 6.30. The number of ether oxygens (including phenoxy) is 1. The molecule has 3 aromatic carbocycles. The Morgan fingerprint density at radius 2 is 1.92 bits per heavy atom. The number of aromatic nitrogens is 2. The third-order valence-electron chi connectivity index (χ3n) is 10.2. The van der Waals surface area contributed by atoms with Gasteiger partial charge in [0, 0.05) is 37.0 Å². The number of aromatic hydroxyl groups is 1. The number of anilines is 1. The molecule has 3 N–H and O–H groups in total. The van der Waals surface area contributed by atoms with Crippen LogP contribution in [0.1, 0.15) is 32.1 Å². The summed E-state index contributed by atoms with van der Waals surface area (Å²) in [6.45, 7) is 1.87. The predicted molar refractivity (Wildman–Crippen MR) is 172 cm³/mol. The van der Waals surface area contributed by atoms with Crippen LogP contribution < -0.4 is 19.1 Å². The van der Waals surface area contributed by atoms with Crippen molar-refractivity contribution < 1.29 is 35.8 Å². The van der Waals surface area contributed by atoms with Gasteiger partial charge in [0.1, 0.15) is 35.7 Å². The quantitative estimate of drug-likeness (QED) is 0.250. The van der Waals surface area contributed by atoms with Crippen LogP contribution in [-0.2, 0) is 10.2 Å². The molecule has 4 fully saturated rings. The lowest BCUT2D eigenvalue weighted by atomic mass is 9.90. The van der Waals surface area contributed by atoms with Gasteiger partial charge in [-0.3, -0.25) is 4.90 Å². The Labute approximate surface area is 278 Å². The maximum Gasteiger partial charge on any atom is 0.319 e. The van der Waals surface area contributed by atoms with Crippen molar-refractivity contribution in [3.8, 4) is 22.9 Å². The maximum atomic E-state index is 16.9. The molecule has 1 spiro atoms. The van der Waals surface area contributed by atoms with Crippen molar-refractivity contribution in [1.82, 2.24) is 24.9 Å². The van der Waals surface area contributed by atoms with Crippen molar-refractivity contribution in [1.29, 1.82) is 0 Å². The first-order chi connectivity index (χ1) is 22.9. The van der Waals surface area contributed by atoms with Crippen LogP contribution in [-0.4, -0.2) is 85.0 Å². The lowest BCUT2D eigenvalue weighted by Crippen LogP contribution is -2.57. The Morgan fingerprint density at radius 1 is 1.08 bits per heavy atom. The van der Waals surface area contributed by atoms with Gasteiger partial charge in [-0.2, -0.15) is 23.1 Å². The largest absolute Gasteiger partial charge is 0.508 e. The van der Waals surface area contributed by atoms with Gasteiger partial charge in [0.2, 0.25) is 0 Å². The van der Waals surface area contributed by atoms with Crippen LogP contribution in [0.25, 0.3) is 32.8 Å². The first-order valence-electron chi connectivity index (χ1n) is 15.7. The highest BCUT2D eigenvalue weighted by Crippen LogP contribution is 2.45. The molecule has 0 aliphatic carbocycles. The van der Waals surface area contributed by atoms with Gasteiger partial charge in [-0.05, 0) is 68.4 Å². The molecule has 48 heavy (non-hydrogen) atoms. The topological polar surface area (TPSA) is 120 Å². The number of phenolic OH excluding ortho intramolecular Hbond substituents is 1. The monoisotopic (exact) mass is 706 g/mol. The Kier molecular flexibility index (Phi) is 7.45. The zero-order valence-electron chi connectivity index (χ0n) is 25.5. The number of phenols is 1. The molecule has 0 saturated carbocycles. The number of fused-ring (bicyclic) bond motifs is 3. The number of nitrogens with zero attached hydrogens (tertiary/aromatic N) is 4. The third-order valence-corrected chi connectivity index (χ3v) is 12.2. The van der Waals surface area contributed by atoms with E-state index < -0.39 is 61.0 Å². The summed E-state index contributed by atoms with van der Waals surface area (Å²) in [7, 11) is -4.24. The van der Waals surface area contributed by atoms with Crippen molar-refractivity contribution in [3.05, 3.63) is 52.8 Å². The van der Waals surface area contributed by atoms with E-state index in [1.807, 2.05) is 4.90 Å². The van der Waals surface area contributed by atoms with Crippen LogP contribution in [0.15, 0.2) is 30.3 Å². The number of hydrogen-bond acceptors (Lipinski definition) is 8. The number of piperidine rings is 1. The van der Waals surface area contributed by atoms with Gasteiger partial charge in [-0.15, -0.1) is 0 Å². The molecular weight excluding hydrogens is 676 g/mol. The van der Waals surface area contributed by atoms with Crippen molar-refractivity contribution >= 4 is 49.3 Å². The van der Waals surface area contributed by atoms with Gasteiger partial charge in [-0.25, -0.2) is 21.9 Å². The highest BCUT2D eigenvalue weighted by molar-refractivity contribution is 7.91. The zero-order chi connectivity index (χ0) is 33.6. The van der Waals surface area contributed by atoms with Crippen LogP contribution in [0.2, 0.25) is 5.02 Å². The van der Waals surface area contributed by atoms with Crippen molar-refractivity contribution in [2.45, 2.75) is 49.4 Å². The molecule has 1 unspecified atom stereocenters. The number of hydrogen-bond donors (Lipinski definition) is 3. The van der Waals surface area contributed by atoms with Crippen LogP contribution in [0.5, 0.6) is 11.8 Å². The average Bonchev–Trinajstić information content (AvgIpc) is 3.65. The lowest BCUT2D eigenvalue weighted by Gasteiger charge is -2.40. The fourth-order valence-electron chi connectivity index (χ4n) is 8.08. The maximum absolute atomic E-state index is 16.9. The van der Waals surface area contributed by atoms with E-state index >= 15 is 8.78 Å². The van der Waals surface area contributed by atoms with Crippen molar-refractivity contribution in [2.75, 3.05) is 43.6 Å². The molecule has 5 heterocycles. The molecule has 16 heteroatoms. The van der Waals surface area contributed by atoms with E-state index in [0.717, 1.165) is 28.9 Å². The SMILES string of the molecule is O=S1(=O)NCC2(CCCNC2)N1c1nc(OC[C@@]23CCCN2C[C@H](F)C3)nc2c(F)c(-c3cc(O)cc4ccc(F)c(Cl)c34)c(F)cc12. The second kappa shape index (κ2) is 11.3. The Morgan fingerprint density at radius 3 is 2.71 bits per heavy atom. The van der Waals surface area contributed by atoms with E-state index in [0.29, 0.717) is 32.4 Å². The molecule has 1 aromatic heterocycles. The summed E-state index contributed by atoms with van der Waals surface area (Å²) in [6.07, 6.45) is 1.77. The molecular formula is C32H31ClF4N6O4S. The van der Waals surface area contributed by atoms with Gasteiger partial charge in [-0.1, -0.05) is 17.7 Å². The summed E-state index contributed by atoms with van der Waals surface area (Å²) in [5, 5.41) is 13.2. The van der Waals surface area contributed by atoms with Gasteiger partial charge in [0.25, 0.3) is 0 Å². The molecule has 254 valence electrons. The Balaban J connectivity index is 1.35. The van der Waals surface area contributed by atoms with Crippen molar-refractivity contribution in [2.24, 2.45) is 0 Å². The molecule has 3 atom stereocenters. The predicted octanol–water partition coefficient (Wildman–Crippen LogP) is 4.96. The fourth-order valence-corrected chi connectivity index (χ4v) is 10.0. The smallest absolute Gasteiger partial charge is 0.319 e. The van der Waals surface area contributed by atoms with E-state index in [1.54, 1.807) is 0 Å². The number of alkyl halides is 1. The lowest BCUT2D eigenvalue weighted by molar-refractivity contribution is 0.107. The molecule has 0 radical (unpaired) electrons. The van der Waals surface area contributed by atoms with Crippen LogP contribution in [0.4, 0.5) is 23.4 Å². The van der Waals surface area contributed by atoms with Crippen LogP contribution in [0, 0.1) is 17.5 Å². The van der Waals surface area contributed by atoms with E-state index in [2.05, 4.69) is 20.0 Å². The molecule has 4 aliphatic heterocycles. The minimum atomic E-state index is -4.24. The molecule has 0 bridgehead atoms. The minimum Gasteiger partial charge on any atom is -0.508 e. The average molecular weight is 707 g/mol. The summed E-state index contributed by atoms with van der Waals surface area (Å²) in [5.41, 5.74) is -3.03. The Bertz CT molecular complexity index is 2100.